The van der Waals surface area contributed by atoms with Crippen LogP contribution < -0.4 is 0 Å². The summed E-state index contributed by atoms with van der Waals surface area (Å²) in [7, 11) is 0. The predicted molar refractivity (Wildman–Crippen MR) is 194 cm³/mol. The van der Waals surface area contributed by atoms with Gasteiger partial charge in [0.15, 0.2) is 0 Å². The van der Waals surface area contributed by atoms with E-state index in [0.717, 1.165) is 0 Å². The van der Waals surface area contributed by atoms with Crippen LogP contribution in [0.1, 0.15) is 25.0 Å². The van der Waals surface area contributed by atoms with Crippen molar-refractivity contribution >= 4 is 53.9 Å². The van der Waals surface area contributed by atoms with Crippen LogP contribution in [0.3, 0.4) is 0 Å². The van der Waals surface area contributed by atoms with E-state index in [1.54, 1.807) is 0 Å². The molecular formula is C45H30. The van der Waals surface area contributed by atoms with Gasteiger partial charge in [0, 0.05) is 5.41 Å². The Bertz CT molecular complexity index is 2650. The van der Waals surface area contributed by atoms with Crippen LogP contribution in [0.25, 0.3) is 87.2 Å². The third kappa shape index (κ3) is 3.43. The second-order valence-corrected chi connectivity index (χ2v) is 13.3. The molecule has 1 aliphatic rings. The average molecular weight is 571 g/mol. The van der Waals surface area contributed by atoms with Crippen molar-refractivity contribution in [3.8, 4) is 33.4 Å². The highest BCUT2D eigenvalue weighted by atomic mass is 14.4. The Hall–Kier alpha value is -5.46. The summed E-state index contributed by atoms with van der Waals surface area (Å²) in [6.45, 7) is 4.77. The van der Waals surface area contributed by atoms with Crippen LogP contribution in [0.5, 0.6) is 0 Å². The van der Waals surface area contributed by atoms with Crippen LogP contribution >= 0.6 is 0 Å². The smallest absolute Gasteiger partial charge is 0.0159 e. The fraction of sp³-hybridized carbons (Fsp3) is 0.0667. The fourth-order valence-corrected chi connectivity index (χ4v) is 8.26. The van der Waals surface area contributed by atoms with Crippen molar-refractivity contribution < 1.29 is 0 Å². The van der Waals surface area contributed by atoms with Crippen molar-refractivity contribution in [1.29, 1.82) is 0 Å². The molecule has 0 saturated carbocycles. The molecule has 0 radical (unpaired) electrons. The largest absolute Gasteiger partial charge is 0.0616 e. The second kappa shape index (κ2) is 8.80. The van der Waals surface area contributed by atoms with Gasteiger partial charge in [-0.2, -0.15) is 0 Å². The molecule has 0 saturated heterocycles. The Labute approximate surface area is 262 Å². The minimum Gasteiger partial charge on any atom is -0.0616 e. The molecule has 0 fully saturated rings. The van der Waals surface area contributed by atoms with Gasteiger partial charge in [-0.25, -0.2) is 0 Å². The van der Waals surface area contributed by atoms with Crippen LogP contribution in [-0.2, 0) is 5.41 Å². The molecule has 0 heteroatoms. The number of hydrogen-bond donors (Lipinski definition) is 0. The monoisotopic (exact) mass is 570 g/mol. The molecule has 0 aliphatic heterocycles. The molecule has 0 N–H and O–H groups in total. The minimum atomic E-state index is -0.0886. The van der Waals surface area contributed by atoms with Gasteiger partial charge in [0.05, 0.1) is 0 Å². The van der Waals surface area contributed by atoms with E-state index in [0.29, 0.717) is 0 Å². The summed E-state index contributed by atoms with van der Waals surface area (Å²) in [5.74, 6) is 0. The zero-order valence-electron chi connectivity index (χ0n) is 25.4. The first kappa shape index (κ1) is 24.9. The second-order valence-electron chi connectivity index (χ2n) is 13.3. The third-order valence-corrected chi connectivity index (χ3v) is 10.6. The summed E-state index contributed by atoms with van der Waals surface area (Å²) in [5.41, 5.74) is 10.6. The summed E-state index contributed by atoms with van der Waals surface area (Å²) in [5, 5.41) is 13.1. The molecule has 0 atom stereocenters. The number of benzene rings is 9. The average Bonchev–Trinajstić information content (AvgIpc) is 3.30. The number of fused-ring (bicyclic) bond motifs is 5. The Morgan fingerprint density at radius 1 is 0.333 bits per heavy atom. The van der Waals surface area contributed by atoms with Crippen molar-refractivity contribution in [3.05, 3.63) is 157 Å². The van der Waals surface area contributed by atoms with Gasteiger partial charge in [-0.3, -0.25) is 0 Å². The molecule has 0 aromatic heterocycles. The van der Waals surface area contributed by atoms with Crippen LogP contribution in [0, 0.1) is 0 Å². The van der Waals surface area contributed by atoms with Gasteiger partial charge in [0.25, 0.3) is 0 Å². The maximum absolute atomic E-state index is 2.48. The topological polar surface area (TPSA) is 0 Å². The first-order chi connectivity index (χ1) is 22.0. The Balaban J connectivity index is 1.24. The lowest BCUT2D eigenvalue weighted by Crippen LogP contribution is -2.15. The highest BCUT2D eigenvalue weighted by Crippen LogP contribution is 2.52. The maximum atomic E-state index is 2.48. The van der Waals surface area contributed by atoms with Crippen LogP contribution in [0.15, 0.2) is 146 Å². The van der Waals surface area contributed by atoms with Crippen molar-refractivity contribution in [2.75, 3.05) is 0 Å². The lowest BCUT2D eigenvalue weighted by molar-refractivity contribution is 0.661. The number of hydrogen-bond acceptors (Lipinski definition) is 0. The fourth-order valence-electron chi connectivity index (χ4n) is 8.26. The first-order valence-corrected chi connectivity index (χ1v) is 15.9. The highest BCUT2D eigenvalue weighted by molar-refractivity contribution is 6.26. The SMILES string of the molecule is CC1(C)c2cc(-c3cc4ccccc4cc3-c3ccc4ccc5cccc6ccc3c4c56)ccc2-c2cc3ccccc3cc21. The molecule has 0 bridgehead atoms. The Morgan fingerprint density at radius 3 is 1.56 bits per heavy atom. The molecule has 210 valence electrons. The highest BCUT2D eigenvalue weighted by Gasteiger charge is 2.36. The van der Waals surface area contributed by atoms with Gasteiger partial charge in [-0.1, -0.05) is 129 Å². The van der Waals surface area contributed by atoms with E-state index >= 15 is 0 Å². The summed E-state index contributed by atoms with van der Waals surface area (Å²) in [6, 6.07) is 54.8. The van der Waals surface area contributed by atoms with E-state index in [1.807, 2.05) is 0 Å². The Kier molecular flexibility index (Phi) is 4.88. The summed E-state index contributed by atoms with van der Waals surface area (Å²) in [4.78, 5) is 0. The summed E-state index contributed by atoms with van der Waals surface area (Å²) < 4.78 is 0. The lowest BCUT2D eigenvalue weighted by Gasteiger charge is -2.23. The zero-order chi connectivity index (χ0) is 29.9. The standard InChI is InChI=1S/C45H30/c1-45(2)41-26-34(18-20-36(41)40-24-32-10-5-6-11-33(32)25-42(40)45)38-22-30-8-3-4-9-31(30)23-39(38)35-19-16-29-15-14-27-12-7-13-28-17-21-37(35)44(29)43(27)28/h3-26H,1-2H3. The van der Waals surface area contributed by atoms with Gasteiger partial charge in [-0.05, 0) is 129 Å². The molecule has 45 heavy (non-hydrogen) atoms. The normalized spacial score (nSPS) is 13.7. The van der Waals surface area contributed by atoms with Gasteiger partial charge in [-0.15, -0.1) is 0 Å². The molecule has 9 aromatic carbocycles. The van der Waals surface area contributed by atoms with E-state index in [1.165, 1.54) is 98.4 Å². The van der Waals surface area contributed by atoms with Crippen LogP contribution in [0.2, 0.25) is 0 Å². The van der Waals surface area contributed by atoms with Gasteiger partial charge in [0.2, 0.25) is 0 Å². The van der Waals surface area contributed by atoms with E-state index in [4.69, 9.17) is 0 Å². The minimum absolute atomic E-state index is 0.0886. The molecule has 0 amide bonds. The molecule has 0 unspecified atom stereocenters. The van der Waals surface area contributed by atoms with Crippen LogP contribution in [0.4, 0.5) is 0 Å². The molecule has 0 spiro atoms. The van der Waals surface area contributed by atoms with Crippen molar-refractivity contribution in [3.63, 3.8) is 0 Å². The molecule has 10 rings (SSSR count). The third-order valence-electron chi connectivity index (χ3n) is 10.6. The zero-order valence-corrected chi connectivity index (χ0v) is 25.4. The summed E-state index contributed by atoms with van der Waals surface area (Å²) >= 11 is 0. The first-order valence-electron chi connectivity index (χ1n) is 15.9. The van der Waals surface area contributed by atoms with E-state index in [9.17, 15) is 0 Å². The quantitative estimate of drug-likeness (QED) is 0.181. The van der Waals surface area contributed by atoms with E-state index < -0.39 is 0 Å². The molecule has 0 nitrogen and oxygen atoms in total. The van der Waals surface area contributed by atoms with Gasteiger partial charge >= 0.3 is 0 Å². The van der Waals surface area contributed by atoms with Crippen molar-refractivity contribution in [2.45, 2.75) is 19.3 Å². The van der Waals surface area contributed by atoms with Crippen LogP contribution in [-0.4, -0.2) is 0 Å². The van der Waals surface area contributed by atoms with Gasteiger partial charge in [0.1, 0.15) is 0 Å². The molecule has 1 aliphatic carbocycles. The van der Waals surface area contributed by atoms with Crippen molar-refractivity contribution in [1.82, 2.24) is 0 Å². The summed E-state index contributed by atoms with van der Waals surface area (Å²) in [6.07, 6.45) is 0. The molecular weight excluding hydrogens is 540 g/mol. The molecule has 9 aromatic rings. The Morgan fingerprint density at radius 2 is 0.844 bits per heavy atom. The van der Waals surface area contributed by atoms with Gasteiger partial charge < -0.3 is 0 Å². The molecule has 0 heterocycles. The lowest BCUT2D eigenvalue weighted by atomic mass is 9.80. The van der Waals surface area contributed by atoms with Crippen molar-refractivity contribution in [2.24, 2.45) is 0 Å². The maximum Gasteiger partial charge on any atom is 0.0159 e. The van der Waals surface area contributed by atoms with E-state index in [-0.39, 0.29) is 5.41 Å². The number of rotatable bonds is 2. The predicted octanol–water partition coefficient (Wildman–Crippen LogP) is 12.5. The van der Waals surface area contributed by atoms with E-state index in [2.05, 4.69) is 159 Å².